The maximum Gasteiger partial charge on any atom is 0.242 e. The van der Waals surface area contributed by atoms with E-state index in [1.54, 1.807) is 4.90 Å². The van der Waals surface area contributed by atoms with Gasteiger partial charge in [0, 0.05) is 49.7 Å². The number of para-hydroxylation sites is 1. The highest BCUT2D eigenvalue weighted by Gasteiger charge is 2.42. The Morgan fingerprint density at radius 2 is 2.00 bits per heavy atom. The summed E-state index contributed by atoms with van der Waals surface area (Å²) in [6, 6.07) is 10.1. The molecule has 0 aliphatic carbocycles. The summed E-state index contributed by atoms with van der Waals surface area (Å²) < 4.78 is 2.02. The molecular weight excluding hydrogens is 342 g/mol. The Bertz CT molecular complexity index is 846. The van der Waals surface area contributed by atoms with Gasteiger partial charge in [-0.2, -0.15) is 0 Å². The van der Waals surface area contributed by atoms with Crippen molar-refractivity contribution in [3.8, 4) is 0 Å². The van der Waals surface area contributed by atoms with Crippen molar-refractivity contribution in [3.05, 3.63) is 36.5 Å². The van der Waals surface area contributed by atoms with Gasteiger partial charge in [-0.3, -0.25) is 9.59 Å². The molecule has 1 N–H and O–H groups in total. The van der Waals surface area contributed by atoms with Gasteiger partial charge in [0.2, 0.25) is 11.8 Å². The fourth-order valence-corrected chi connectivity index (χ4v) is 4.70. The van der Waals surface area contributed by atoms with Crippen LogP contribution in [0.4, 0.5) is 0 Å². The Morgan fingerprint density at radius 1 is 1.15 bits per heavy atom. The van der Waals surface area contributed by atoms with Crippen LogP contribution in [0.3, 0.4) is 0 Å². The van der Waals surface area contributed by atoms with E-state index in [2.05, 4.69) is 6.07 Å². The standard InChI is InChI=1S/C21H27N3O3/c25-13-12-24-16-21(9-6-19(24)26)8-3-10-23(15-21)20(27)14-22-11-7-17-4-1-2-5-18(17)22/h1-2,4-5,7,11,25H,3,6,8-10,12-16H2. The highest BCUT2D eigenvalue weighted by Crippen LogP contribution is 2.38. The molecule has 2 aliphatic rings. The van der Waals surface area contributed by atoms with Crippen molar-refractivity contribution in [1.29, 1.82) is 0 Å². The lowest BCUT2D eigenvalue weighted by molar-refractivity contribution is -0.143. The van der Waals surface area contributed by atoms with E-state index in [9.17, 15) is 14.7 Å². The topological polar surface area (TPSA) is 65.8 Å². The second-order valence-corrected chi connectivity index (χ2v) is 7.96. The number of β-amino-alcohol motifs (C(OH)–C–C–N with tert-alkyl or cyclic N) is 1. The first-order chi connectivity index (χ1) is 13.1. The summed E-state index contributed by atoms with van der Waals surface area (Å²) in [4.78, 5) is 28.8. The van der Waals surface area contributed by atoms with Crippen LogP contribution in [-0.2, 0) is 16.1 Å². The van der Waals surface area contributed by atoms with Crippen LogP contribution < -0.4 is 0 Å². The SMILES string of the molecule is O=C1CCC2(CCCN(C(=O)Cn3ccc4ccccc43)C2)CN1CCO. The highest BCUT2D eigenvalue weighted by molar-refractivity contribution is 5.83. The summed E-state index contributed by atoms with van der Waals surface area (Å²) >= 11 is 0. The molecule has 1 aromatic carbocycles. The number of amides is 2. The zero-order valence-electron chi connectivity index (χ0n) is 15.6. The first kappa shape index (κ1) is 18.0. The molecule has 2 aromatic rings. The third-order valence-corrected chi connectivity index (χ3v) is 6.12. The van der Waals surface area contributed by atoms with Crippen LogP contribution in [-0.4, -0.2) is 64.1 Å². The third kappa shape index (κ3) is 3.58. The fourth-order valence-electron chi connectivity index (χ4n) is 4.70. The number of carbonyl (C=O) groups is 2. The molecule has 2 aliphatic heterocycles. The van der Waals surface area contributed by atoms with E-state index in [1.807, 2.05) is 39.9 Å². The average molecular weight is 369 g/mol. The van der Waals surface area contributed by atoms with E-state index < -0.39 is 0 Å². The largest absolute Gasteiger partial charge is 0.395 e. The number of rotatable bonds is 4. The molecule has 6 nitrogen and oxygen atoms in total. The predicted molar refractivity (Wildman–Crippen MR) is 103 cm³/mol. The Balaban J connectivity index is 1.46. The van der Waals surface area contributed by atoms with Gasteiger partial charge in [-0.25, -0.2) is 0 Å². The third-order valence-electron chi connectivity index (χ3n) is 6.12. The van der Waals surface area contributed by atoms with E-state index >= 15 is 0 Å². The first-order valence-electron chi connectivity index (χ1n) is 9.81. The zero-order chi connectivity index (χ0) is 18.9. The van der Waals surface area contributed by atoms with E-state index in [1.165, 1.54) is 0 Å². The molecule has 1 atom stereocenters. The summed E-state index contributed by atoms with van der Waals surface area (Å²) in [5, 5.41) is 10.4. The minimum absolute atomic E-state index is 0.00876. The Hall–Kier alpha value is -2.34. The molecule has 2 fully saturated rings. The lowest BCUT2D eigenvalue weighted by Gasteiger charge is -2.48. The maximum atomic E-state index is 13.0. The molecule has 3 heterocycles. The monoisotopic (exact) mass is 369 g/mol. The number of nitrogens with zero attached hydrogens (tertiary/aromatic N) is 3. The van der Waals surface area contributed by atoms with Crippen molar-refractivity contribution in [3.63, 3.8) is 0 Å². The van der Waals surface area contributed by atoms with Gasteiger partial charge in [-0.05, 0) is 36.8 Å². The van der Waals surface area contributed by atoms with E-state index in [4.69, 9.17) is 0 Å². The Kier molecular flexibility index (Phi) is 4.91. The number of piperidine rings is 2. The number of carbonyl (C=O) groups excluding carboxylic acids is 2. The van der Waals surface area contributed by atoms with E-state index in [-0.39, 0.29) is 23.8 Å². The van der Waals surface area contributed by atoms with Crippen LogP contribution in [0, 0.1) is 5.41 Å². The van der Waals surface area contributed by atoms with Crippen molar-refractivity contribution in [2.24, 2.45) is 5.41 Å². The number of likely N-dealkylation sites (tertiary alicyclic amines) is 2. The first-order valence-corrected chi connectivity index (χ1v) is 9.81. The minimum Gasteiger partial charge on any atom is -0.395 e. The lowest BCUT2D eigenvalue weighted by Crippen LogP contribution is -2.55. The van der Waals surface area contributed by atoms with Gasteiger partial charge in [-0.15, -0.1) is 0 Å². The zero-order valence-corrected chi connectivity index (χ0v) is 15.6. The van der Waals surface area contributed by atoms with Crippen LogP contribution in [0.1, 0.15) is 25.7 Å². The quantitative estimate of drug-likeness (QED) is 0.895. The van der Waals surface area contributed by atoms with Gasteiger partial charge < -0.3 is 19.5 Å². The van der Waals surface area contributed by atoms with Gasteiger partial charge in [-0.1, -0.05) is 18.2 Å². The summed E-state index contributed by atoms with van der Waals surface area (Å²) in [5.74, 6) is 0.262. The van der Waals surface area contributed by atoms with Crippen LogP contribution in [0.15, 0.2) is 36.5 Å². The molecule has 6 heteroatoms. The number of aliphatic hydroxyl groups excluding tert-OH is 1. The summed E-state index contributed by atoms with van der Waals surface area (Å²) in [6.45, 7) is 2.88. The Labute approximate surface area is 159 Å². The minimum atomic E-state index is -0.0181. The second kappa shape index (κ2) is 7.35. The molecule has 0 radical (unpaired) electrons. The second-order valence-electron chi connectivity index (χ2n) is 7.96. The fraction of sp³-hybridized carbons (Fsp3) is 0.524. The molecule has 1 unspecified atom stereocenters. The van der Waals surface area contributed by atoms with Gasteiger partial charge in [0.25, 0.3) is 0 Å². The summed E-state index contributed by atoms with van der Waals surface area (Å²) in [6.07, 6.45) is 5.34. The van der Waals surface area contributed by atoms with Crippen molar-refractivity contribution in [1.82, 2.24) is 14.4 Å². The van der Waals surface area contributed by atoms with Gasteiger partial charge >= 0.3 is 0 Å². The molecule has 144 valence electrons. The van der Waals surface area contributed by atoms with E-state index in [0.29, 0.717) is 32.6 Å². The van der Waals surface area contributed by atoms with Crippen LogP contribution in [0.5, 0.6) is 0 Å². The average Bonchev–Trinajstić information content (AvgIpc) is 3.08. The number of aliphatic hydroxyl groups is 1. The van der Waals surface area contributed by atoms with Crippen LogP contribution in [0.2, 0.25) is 0 Å². The molecule has 1 aromatic heterocycles. The van der Waals surface area contributed by atoms with Crippen LogP contribution >= 0.6 is 0 Å². The normalized spacial score (nSPS) is 23.4. The van der Waals surface area contributed by atoms with Gasteiger partial charge in [0.05, 0.1) is 6.61 Å². The molecular formula is C21H27N3O3. The van der Waals surface area contributed by atoms with E-state index in [0.717, 1.165) is 36.7 Å². The number of hydrogen-bond donors (Lipinski definition) is 1. The van der Waals surface area contributed by atoms with Crippen LogP contribution in [0.25, 0.3) is 10.9 Å². The van der Waals surface area contributed by atoms with Crippen molar-refractivity contribution < 1.29 is 14.7 Å². The molecule has 2 saturated heterocycles. The maximum absolute atomic E-state index is 13.0. The van der Waals surface area contributed by atoms with Gasteiger partial charge in [0.15, 0.2) is 0 Å². The van der Waals surface area contributed by atoms with Crippen molar-refractivity contribution in [2.75, 3.05) is 32.8 Å². The molecule has 1 spiro atoms. The molecule has 27 heavy (non-hydrogen) atoms. The number of hydrogen-bond acceptors (Lipinski definition) is 3. The number of benzene rings is 1. The smallest absolute Gasteiger partial charge is 0.242 e. The number of aromatic nitrogens is 1. The van der Waals surface area contributed by atoms with Crippen molar-refractivity contribution >= 4 is 22.7 Å². The lowest BCUT2D eigenvalue weighted by atomic mass is 9.73. The summed E-state index contributed by atoms with van der Waals surface area (Å²) in [5.41, 5.74) is 1.06. The highest BCUT2D eigenvalue weighted by atomic mass is 16.3. The molecule has 0 bridgehead atoms. The molecule has 2 amide bonds. The Morgan fingerprint density at radius 3 is 2.85 bits per heavy atom. The molecule has 4 rings (SSSR count). The molecule has 0 saturated carbocycles. The van der Waals surface area contributed by atoms with Gasteiger partial charge in [0.1, 0.15) is 6.54 Å². The predicted octanol–water partition coefficient (Wildman–Crippen LogP) is 1.86. The number of fused-ring (bicyclic) bond motifs is 1. The van der Waals surface area contributed by atoms with Crippen molar-refractivity contribution in [2.45, 2.75) is 32.2 Å². The summed E-state index contributed by atoms with van der Waals surface area (Å²) in [7, 11) is 0.